The highest BCUT2D eigenvalue weighted by molar-refractivity contribution is 6.36. The first kappa shape index (κ1) is 16.0. The van der Waals surface area contributed by atoms with Crippen LogP contribution in [0.25, 0.3) is 0 Å². The van der Waals surface area contributed by atoms with E-state index in [0.717, 1.165) is 0 Å². The van der Waals surface area contributed by atoms with Crippen LogP contribution in [0.3, 0.4) is 0 Å². The third-order valence-electron chi connectivity index (χ3n) is 3.62. The maximum absolute atomic E-state index is 12.3. The number of nitrogens with one attached hydrogen (secondary N) is 1. The molecule has 0 spiro atoms. The predicted molar refractivity (Wildman–Crippen MR) is 89.7 cm³/mol. The first-order valence-corrected chi connectivity index (χ1v) is 7.94. The zero-order valence-corrected chi connectivity index (χ0v) is 13.9. The van der Waals surface area contributed by atoms with Crippen molar-refractivity contribution in [3.63, 3.8) is 0 Å². The molecule has 1 N–H and O–H groups in total. The fourth-order valence-corrected chi connectivity index (χ4v) is 2.83. The molecule has 3 rings (SSSR count). The summed E-state index contributed by atoms with van der Waals surface area (Å²) in [4.78, 5) is 12.3. The molecule has 2 aromatic carbocycles. The van der Waals surface area contributed by atoms with Crippen LogP contribution >= 0.6 is 23.2 Å². The Balaban J connectivity index is 1.67. The van der Waals surface area contributed by atoms with Crippen molar-refractivity contribution in [3.05, 3.63) is 58.1 Å². The van der Waals surface area contributed by atoms with Crippen molar-refractivity contribution in [1.82, 2.24) is 5.32 Å². The summed E-state index contributed by atoms with van der Waals surface area (Å²) in [6.45, 7) is 2.23. The van der Waals surface area contributed by atoms with Crippen LogP contribution in [0.4, 0.5) is 0 Å². The lowest BCUT2D eigenvalue weighted by molar-refractivity contribution is 0.0606. The molecule has 6 heteroatoms. The molecule has 1 aliphatic rings. The summed E-state index contributed by atoms with van der Waals surface area (Å²) in [5.41, 5.74) is 0.375. The Morgan fingerprint density at radius 2 is 1.96 bits per heavy atom. The van der Waals surface area contributed by atoms with Gasteiger partial charge in [-0.25, -0.2) is 0 Å². The molecule has 0 saturated carbocycles. The summed E-state index contributed by atoms with van der Waals surface area (Å²) in [7, 11) is 0. The van der Waals surface area contributed by atoms with E-state index in [4.69, 9.17) is 32.7 Å². The highest BCUT2D eigenvalue weighted by atomic mass is 35.5. The molecule has 1 heterocycles. The Morgan fingerprint density at radius 1 is 1.22 bits per heavy atom. The fraction of sp³-hybridized carbons (Fsp3) is 0.235. The van der Waals surface area contributed by atoms with Crippen molar-refractivity contribution < 1.29 is 14.3 Å². The second kappa shape index (κ2) is 6.69. The highest BCUT2D eigenvalue weighted by Crippen LogP contribution is 2.31. The van der Waals surface area contributed by atoms with Gasteiger partial charge in [-0.1, -0.05) is 35.3 Å². The molecule has 120 valence electrons. The molecule has 0 aliphatic carbocycles. The third-order valence-corrected chi connectivity index (χ3v) is 4.17. The van der Waals surface area contributed by atoms with E-state index in [0.29, 0.717) is 33.7 Å². The Morgan fingerprint density at radius 3 is 2.70 bits per heavy atom. The monoisotopic (exact) mass is 351 g/mol. The number of benzene rings is 2. The van der Waals surface area contributed by atoms with Crippen LogP contribution < -0.4 is 14.8 Å². The van der Waals surface area contributed by atoms with E-state index in [2.05, 4.69) is 5.32 Å². The van der Waals surface area contributed by atoms with E-state index < -0.39 is 0 Å². The summed E-state index contributed by atoms with van der Waals surface area (Å²) in [6, 6.07) is 12.0. The van der Waals surface area contributed by atoms with E-state index in [1.165, 1.54) is 0 Å². The molecule has 23 heavy (non-hydrogen) atoms. The van der Waals surface area contributed by atoms with Gasteiger partial charge in [0.2, 0.25) is 0 Å². The molecule has 2 aromatic rings. The van der Waals surface area contributed by atoms with Gasteiger partial charge >= 0.3 is 0 Å². The van der Waals surface area contributed by atoms with E-state index >= 15 is 0 Å². The van der Waals surface area contributed by atoms with Crippen LogP contribution in [0.1, 0.15) is 17.3 Å². The Bertz CT molecular complexity index is 736. The van der Waals surface area contributed by atoms with Gasteiger partial charge in [-0.05, 0) is 37.3 Å². The lowest BCUT2D eigenvalue weighted by atomic mass is 10.1. The minimum absolute atomic E-state index is 0.248. The van der Waals surface area contributed by atoms with E-state index in [1.807, 2.05) is 31.2 Å². The second-order valence-corrected chi connectivity index (χ2v) is 6.14. The molecule has 4 nitrogen and oxygen atoms in total. The lowest BCUT2D eigenvalue weighted by Gasteiger charge is -2.30. The van der Waals surface area contributed by atoms with Gasteiger partial charge in [0, 0.05) is 5.02 Å². The predicted octanol–water partition coefficient (Wildman–Crippen LogP) is 3.95. The zero-order valence-electron chi connectivity index (χ0n) is 12.4. The summed E-state index contributed by atoms with van der Waals surface area (Å²) >= 11 is 11.9. The van der Waals surface area contributed by atoms with Crippen molar-refractivity contribution in [2.45, 2.75) is 19.1 Å². The second-order valence-electron chi connectivity index (χ2n) is 5.30. The maximum atomic E-state index is 12.3. The topological polar surface area (TPSA) is 47.6 Å². The smallest absolute Gasteiger partial charge is 0.253 e. The number of para-hydroxylation sites is 2. The van der Waals surface area contributed by atoms with Gasteiger partial charge in [0.25, 0.3) is 5.91 Å². The average molecular weight is 352 g/mol. The Labute approximate surface area is 144 Å². The molecule has 0 aromatic heterocycles. The van der Waals surface area contributed by atoms with Crippen LogP contribution in [0.5, 0.6) is 11.5 Å². The number of ether oxygens (including phenoxy) is 2. The van der Waals surface area contributed by atoms with Crippen LogP contribution in [0.2, 0.25) is 10.0 Å². The number of carbonyl (C=O) groups excluding carboxylic acids is 1. The number of rotatable bonds is 3. The van der Waals surface area contributed by atoms with Crippen molar-refractivity contribution in [2.24, 2.45) is 0 Å². The Hall–Kier alpha value is -1.91. The molecule has 0 saturated heterocycles. The quantitative estimate of drug-likeness (QED) is 0.910. The number of fused-ring (bicyclic) bond motifs is 1. The molecule has 1 amide bonds. The normalized spacial score (nSPS) is 17.4. The number of hydrogen-bond acceptors (Lipinski definition) is 3. The molecular weight excluding hydrogens is 337 g/mol. The molecule has 1 aliphatic heterocycles. The molecule has 0 unspecified atom stereocenters. The average Bonchev–Trinajstić information content (AvgIpc) is 2.54. The van der Waals surface area contributed by atoms with Crippen molar-refractivity contribution in [1.29, 1.82) is 0 Å². The summed E-state index contributed by atoms with van der Waals surface area (Å²) in [6.07, 6.45) is -0.278. The summed E-state index contributed by atoms with van der Waals surface area (Å²) < 4.78 is 11.6. The lowest BCUT2D eigenvalue weighted by Crippen LogP contribution is -2.48. The fourth-order valence-electron chi connectivity index (χ4n) is 2.33. The van der Waals surface area contributed by atoms with Crippen molar-refractivity contribution in [3.8, 4) is 11.5 Å². The zero-order chi connectivity index (χ0) is 16.4. The Kier molecular flexibility index (Phi) is 4.64. The van der Waals surface area contributed by atoms with E-state index in [-0.39, 0.29) is 18.1 Å². The minimum atomic E-state index is -0.278. The molecule has 0 fully saturated rings. The largest absolute Gasteiger partial charge is 0.486 e. The molecule has 0 bridgehead atoms. The van der Waals surface area contributed by atoms with Gasteiger partial charge in [-0.3, -0.25) is 4.79 Å². The van der Waals surface area contributed by atoms with Crippen molar-refractivity contribution >= 4 is 29.1 Å². The molecule has 0 radical (unpaired) electrons. The third kappa shape index (κ3) is 3.54. The molecule has 2 atom stereocenters. The minimum Gasteiger partial charge on any atom is -0.486 e. The van der Waals surface area contributed by atoms with Gasteiger partial charge in [0.1, 0.15) is 6.61 Å². The van der Waals surface area contributed by atoms with E-state index in [9.17, 15) is 4.79 Å². The van der Waals surface area contributed by atoms with Gasteiger partial charge in [0.15, 0.2) is 17.6 Å². The van der Waals surface area contributed by atoms with Crippen LogP contribution in [0, 0.1) is 0 Å². The van der Waals surface area contributed by atoms with Crippen LogP contribution in [-0.2, 0) is 0 Å². The van der Waals surface area contributed by atoms with Gasteiger partial charge in [0.05, 0.1) is 16.6 Å². The number of amides is 1. The standard InChI is InChI=1S/C17H15Cl2NO3/c1-10(16-9-22-14-4-2-3-5-15(14)23-16)20-17(21)12-7-6-11(18)8-13(12)19/h2-8,10,16H,9H2,1H3,(H,20,21)/t10-,16-/m0/s1. The SMILES string of the molecule is C[C@H](NC(=O)c1ccc(Cl)cc1Cl)[C@@H]1COc2ccccc2O1. The van der Waals surface area contributed by atoms with Crippen LogP contribution in [0.15, 0.2) is 42.5 Å². The van der Waals surface area contributed by atoms with Gasteiger partial charge < -0.3 is 14.8 Å². The summed E-state index contributed by atoms with van der Waals surface area (Å²) in [5, 5.41) is 3.69. The first-order valence-electron chi connectivity index (χ1n) is 7.19. The maximum Gasteiger partial charge on any atom is 0.253 e. The highest BCUT2D eigenvalue weighted by Gasteiger charge is 2.27. The van der Waals surface area contributed by atoms with E-state index in [1.54, 1.807) is 18.2 Å². The number of carbonyl (C=O) groups is 1. The summed E-state index contributed by atoms with van der Waals surface area (Å²) in [5.74, 6) is 1.11. The molecular formula is C17H15Cl2NO3. The van der Waals surface area contributed by atoms with Gasteiger partial charge in [-0.2, -0.15) is 0 Å². The first-order chi connectivity index (χ1) is 11.0. The number of hydrogen-bond donors (Lipinski definition) is 1. The van der Waals surface area contributed by atoms with Crippen molar-refractivity contribution in [2.75, 3.05) is 6.61 Å². The van der Waals surface area contributed by atoms with Gasteiger partial charge in [-0.15, -0.1) is 0 Å². The van der Waals surface area contributed by atoms with Crippen LogP contribution in [-0.4, -0.2) is 24.7 Å². The number of halogens is 2.